The molecule has 6 heteroatoms. The number of hydrogen-bond acceptors (Lipinski definition) is 4. The van der Waals surface area contributed by atoms with Crippen LogP contribution in [0.1, 0.15) is 11.3 Å². The number of alkyl halides is 2. The lowest BCUT2D eigenvalue weighted by molar-refractivity contribution is 0.156. The summed E-state index contributed by atoms with van der Waals surface area (Å²) in [5.74, 6) is 0.296. The first-order valence-corrected chi connectivity index (χ1v) is 4.56. The van der Waals surface area contributed by atoms with Crippen molar-refractivity contribution < 1.29 is 8.78 Å². The average Bonchev–Trinajstić information content (AvgIpc) is 2.16. The molecule has 2 N–H and O–H groups in total. The second kappa shape index (κ2) is 4.97. The van der Waals surface area contributed by atoms with E-state index >= 15 is 0 Å². The van der Waals surface area contributed by atoms with E-state index in [0.29, 0.717) is 12.5 Å². The van der Waals surface area contributed by atoms with Gasteiger partial charge in [-0.2, -0.15) is 0 Å². The lowest BCUT2D eigenvalue weighted by atomic mass is 10.2. The van der Waals surface area contributed by atoms with Crippen LogP contribution in [-0.2, 0) is 6.54 Å². The van der Waals surface area contributed by atoms with Crippen LogP contribution >= 0.6 is 0 Å². The van der Waals surface area contributed by atoms with Gasteiger partial charge in [-0.1, -0.05) is 0 Å². The molecule has 0 saturated carbocycles. The molecule has 0 aliphatic carbocycles. The number of aromatic nitrogens is 2. The Morgan fingerprint density at radius 3 is 2.67 bits per heavy atom. The van der Waals surface area contributed by atoms with Crippen molar-refractivity contribution in [2.75, 3.05) is 18.5 Å². The summed E-state index contributed by atoms with van der Waals surface area (Å²) in [6, 6.07) is 0. The number of anilines is 1. The van der Waals surface area contributed by atoms with E-state index in [1.54, 1.807) is 13.1 Å². The zero-order chi connectivity index (χ0) is 11.4. The lowest BCUT2D eigenvalue weighted by Crippen LogP contribution is -2.26. The predicted molar refractivity (Wildman–Crippen MR) is 53.9 cm³/mol. The van der Waals surface area contributed by atoms with Gasteiger partial charge in [-0.25, -0.2) is 18.7 Å². The molecule has 0 unspecified atom stereocenters. The molecular weight excluding hydrogens is 202 g/mol. The highest BCUT2D eigenvalue weighted by atomic mass is 19.3. The fourth-order valence-electron chi connectivity index (χ4n) is 1.15. The number of halogens is 2. The van der Waals surface area contributed by atoms with Crippen LogP contribution in [-0.4, -0.2) is 30.0 Å². The van der Waals surface area contributed by atoms with Crippen LogP contribution < -0.4 is 10.6 Å². The molecule has 0 fully saturated rings. The van der Waals surface area contributed by atoms with E-state index in [2.05, 4.69) is 9.97 Å². The third kappa shape index (κ3) is 3.09. The molecule has 1 heterocycles. The third-order valence-electron chi connectivity index (χ3n) is 2.04. The van der Waals surface area contributed by atoms with Gasteiger partial charge in [0, 0.05) is 31.0 Å². The minimum Gasteiger partial charge on any atom is -0.338 e. The first-order valence-electron chi connectivity index (χ1n) is 4.56. The van der Waals surface area contributed by atoms with Gasteiger partial charge < -0.3 is 10.6 Å². The van der Waals surface area contributed by atoms with Crippen molar-refractivity contribution in [2.45, 2.75) is 19.9 Å². The summed E-state index contributed by atoms with van der Waals surface area (Å²) in [6.45, 7) is 1.76. The van der Waals surface area contributed by atoms with Crippen LogP contribution in [0.25, 0.3) is 0 Å². The molecule has 0 amide bonds. The van der Waals surface area contributed by atoms with Crippen LogP contribution in [0.2, 0.25) is 0 Å². The highest BCUT2D eigenvalue weighted by molar-refractivity contribution is 5.31. The van der Waals surface area contributed by atoms with Crippen molar-refractivity contribution in [3.63, 3.8) is 0 Å². The van der Waals surface area contributed by atoms with E-state index in [9.17, 15) is 8.78 Å². The maximum absolute atomic E-state index is 12.1. The van der Waals surface area contributed by atoms with Crippen molar-refractivity contribution in [2.24, 2.45) is 5.73 Å². The van der Waals surface area contributed by atoms with Gasteiger partial charge >= 0.3 is 0 Å². The van der Waals surface area contributed by atoms with Gasteiger partial charge in [-0.05, 0) is 6.92 Å². The van der Waals surface area contributed by atoms with Gasteiger partial charge in [-0.3, -0.25) is 0 Å². The van der Waals surface area contributed by atoms with Crippen molar-refractivity contribution >= 4 is 5.95 Å². The summed E-state index contributed by atoms with van der Waals surface area (Å²) in [5, 5.41) is 0. The second-order valence-electron chi connectivity index (χ2n) is 3.26. The molecular formula is C9H14F2N4. The molecule has 0 radical (unpaired) electrons. The Kier molecular flexibility index (Phi) is 3.90. The zero-order valence-electron chi connectivity index (χ0n) is 8.74. The Morgan fingerprint density at radius 1 is 1.53 bits per heavy atom. The summed E-state index contributed by atoms with van der Waals surface area (Å²) in [7, 11) is 1.53. The van der Waals surface area contributed by atoms with Crippen LogP contribution in [0.4, 0.5) is 14.7 Å². The van der Waals surface area contributed by atoms with Crippen molar-refractivity contribution in [3.05, 3.63) is 17.5 Å². The van der Waals surface area contributed by atoms with Crippen LogP contribution in [0.15, 0.2) is 6.20 Å². The average molecular weight is 216 g/mol. The molecule has 1 aromatic heterocycles. The lowest BCUT2D eigenvalue weighted by Gasteiger charge is -2.17. The topological polar surface area (TPSA) is 55.0 Å². The van der Waals surface area contributed by atoms with E-state index < -0.39 is 6.43 Å². The van der Waals surface area contributed by atoms with Crippen LogP contribution in [0.3, 0.4) is 0 Å². The maximum Gasteiger partial charge on any atom is 0.255 e. The molecule has 84 valence electrons. The number of rotatable bonds is 4. The van der Waals surface area contributed by atoms with Gasteiger partial charge in [0.05, 0.1) is 6.54 Å². The van der Waals surface area contributed by atoms with Gasteiger partial charge in [0.1, 0.15) is 0 Å². The molecule has 0 saturated heterocycles. The molecule has 0 bridgehead atoms. The van der Waals surface area contributed by atoms with Crippen molar-refractivity contribution in [1.82, 2.24) is 9.97 Å². The molecule has 0 aliphatic rings. The van der Waals surface area contributed by atoms with Gasteiger partial charge in [0.15, 0.2) is 0 Å². The smallest absolute Gasteiger partial charge is 0.255 e. The maximum atomic E-state index is 12.1. The first-order chi connectivity index (χ1) is 7.04. The minimum absolute atomic E-state index is 0.296. The van der Waals surface area contributed by atoms with Gasteiger partial charge in [0.2, 0.25) is 5.95 Å². The quantitative estimate of drug-likeness (QED) is 0.814. The van der Waals surface area contributed by atoms with Gasteiger partial charge in [0.25, 0.3) is 6.43 Å². The molecule has 1 aromatic rings. The molecule has 0 aliphatic heterocycles. The largest absolute Gasteiger partial charge is 0.338 e. The fraction of sp³-hybridized carbons (Fsp3) is 0.556. The SMILES string of the molecule is Cc1nc(N(C)CC(F)F)ncc1CN. The van der Waals surface area contributed by atoms with E-state index in [1.165, 1.54) is 11.9 Å². The van der Waals surface area contributed by atoms with Gasteiger partial charge in [-0.15, -0.1) is 0 Å². The Labute approximate surface area is 87.1 Å². The fourth-order valence-corrected chi connectivity index (χ4v) is 1.15. The monoisotopic (exact) mass is 216 g/mol. The standard InChI is InChI=1S/C9H14F2N4/c1-6-7(3-12)4-13-9(14-6)15(2)5-8(10)11/h4,8H,3,5,12H2,1-2H3. The van der Waals surface area contributed by atoms with E-state index in [4.69, 9.17) is 5.73 Å². The Balaban J connectivity index is 2.82. The van der Waals surface area contributed by atoms with E-state index in [-0.39, 0.29) is 6.54 Å². The Morgan fingerprint density at radius 2 is 2.20 bits per heavy atom. The van der Waals surface area contributed by atoms with Crippen LogP contribution in [0, 0.1) is 6.92 Å². The van der Waals surface area contributed by atoms with Crippen LogP contribution in [0.5, 0.6) is 0 Å². The molecule has 0 spiro atoms. The minimum atomic E-state index is -2.40. The first kappa shape index (κ1) is 11.8. The summed E-state index contributed by atoms with van der Waals surface area (Å²) < 4.78 is 24.2. The predicted octanol–water partition coefficient (Wildman–Crippen LogP) is 0.945. The normalized spacial score (nSPS) is 10.8. The molecule has 1 rings (SSSR count). The number of nitrogens with zero attached hydrogens (tertiary/aromatic N) is 3. The molecule has 15 heavy (non-hydrogen) atoms. The molecule has 4 nitrogen and oxygen atoms in total. The second-order valence-corrected chi connectivity index (χ2v) is 3.26. The Bertz CT molecular complexity index is 330. The summed E-state index contributed by atoms with van der Waals surface area (Å²) >= 11 is 0. The van der Waals surface area contributed by atoms with E-state index in [1.807, 2.05) is 0 Å². The number of hydrogen-bond donors (Lipinski definition) is 1. The number of aryl methyl sites for hydroxylation is 1. The summed E-state index contributed by atoms with van der Waals surface area (Å²) in [6.07, 6.45) is -0.826. The van der Waals surface area contributed by atoms with E-state index in [0.717, 1.165) is 11.3 Å². The zero-order valence-corrected chi connectivity index (χ0v) is 8.74. The van der Waals surface area contributed by atoms with Crippen molar-refractivity contribution in [3.8, 4) is 0 Å². The third-order valence-corrected chi connectivity index (χ3v) is 2.04. The number of nitrogens with two attached hydrogens (primary N) is 1. The molecule has 0 aromatic carbocycles. The summed E-state index contributed by atoms with van der Waals surface area (Å²) in [5.41, 5.74) is 6.99. The summed E-state index contributed by atoms with van der Waals surface area (Å²) in [4.78, 5) is 9.38. The van der Waals surface area contributed by atoms with Crippen molar-refractivity contribution in [1.29, 1.82) is 0 Å². The highest BCUT2D eigenvalue weighted by Crippen LogP contribution is 2.10. The Hall–Kier alpha value is -1.30. The highest BCUT2D eigenvalue weighted by Gasteiger charge is 2.11. The molecule has 0 atom stereocenters.